The van der Waals surface area contributed by atoms with Crippen LogP contribution in [0.2, 0.25) is 0 Å². The number of piperidine rings is 2. The quantitative estimate of drug-likeness (QED) is 0.708. The number of sulfonamides is 1. The summed E-state index contributed by atoms with van der Waals surface area (Å²) < 4.78 is 47.2. The second kappa shape index (κ2) is 9.35. The van der Waals surface area contributed by atoms with E-state index in [0.717, 1.165) is 38.8 Å². The third kappa shape index (κ3) is 4.74. The highest BCUT2D eigenvalue weighted by atomic mass is 32.2. The third-order valence-electron chi connectivity index (χ3n) is 6.17. The molecule has 0 N–H and O–H groups in total. The first-order valence-electron chi connectivity index (χ1n) is 10.6. The molecule has 0 aliphatic carbocycles. The molecule has 4 rings (SSSR count). The number of likely N-dealkylation sites (tertiary alicyclic amines) is 1. The summed E-state index contributed by atoms with van der Waals surface area (Å²) in [5.41, 5.74) is 0.182. The summed E-state index contributed by atoms with van der Waals surface area (Å²) in [7, 11) is -3.67. The molecule has 8 heteroatoms. The SMILES string of the molecule is N#Cc1ccccc1S(=O)(=O)N1CCC(N2CCC(Oc3ccccc3F)CC2)CC1. The number of benzene rings is 2. The normalized spacial score (nSPS) is 19.7. The zero-order chi connectivity index (χ0) is 21.8. The van der Waals surface area contributed by atoms with Gasteiger partial charge in [0.05, 0.1) is 10.5 Å². The monoisotopic (exact) mass is 443 g/mol. The summed E-state index contributed by atoms with van der Waals surface area (Å²) in [6.45, 7) is 2.60. The van der Waals surface area contributed by atoms with Gasteiger partial charge in [0.1, 0.15) is 12.2 Å². The van der Waals surface area contributed by atoms with Crippen LogP contribution in [-0.4, -0.2) is 55.9 Å². The average molecular weight is 444 g/mol. The Bertz CT molecular complexity index is 1050. The van der Waals surface area contributed by atoms with Crippen LogP contribution in [0.3, 0.4) is 0 Å². The van der Waals surface area contributed by atoms with E-state index in [9.17, 15) is 18.1 Å². The number of hydrogen-bond acceptors (Lipinski definition) is 5. The van der Waals surface area contributed by atoms with E-state index in [1.807, 2.05) is 6.07 Å². The van der Waals surface area contributed by atoms with E-state index in [2.05, 4.69) is 4.90 Å². The van der Waals surface area contributed by atoms with Crippen LogP contribution in [0.15, 0.2) is 53.4 Å². The van der Waals surface area contributed by atoms with Gasteiger partial charge >= 0.3 is 0 Å². The van der Waals surface area contributed by atoms with E-state index < -0.39 is 10.0 Å². The van der Waals surface area contributed by atoms with Crippen LogP contribution < -0.4 is 4.74 Å². The highest BCUT2D eigenvalue weighted by Crippen LogP contribution is 2.28. The van der Waals surface area contributed by atoms with Crippen LogP contribution in [-0.2, 0) is 10.0 Å². The third-order valence-corrected chi connectivity index (χ3v) is 8.13. The average Bonchev–Trinajstić information content (AvgIpc) is 2.81. The van der Waals surface area contributed by atoms with Gasteiger partial charge < -0.3 is 9.64 Å². The molecular weight excluding hydrogens is 417 g/mol. The maximum Gasteiger partial charge on any atom is 0.244 e. The van der Waals surface area contributed by atoms with Crippen molar-refractivity contribution in [1.29, 1.82) is 5.26 Å². The Morgan fingerprint density at radius 2 is 1.58 bits per heavy atom. The molecule has 0 amide bonds. The molecule has 31 heavy (non-hydrogen) atoms. The number of rotatable bonds is 5. The Kier molecular flexibility index (Phi) is 6.56. The minimum absolute atomic E-state index is 0.00361. The van der Waals surface area contributed by atoms with Gasteiger partial charge in [0.2, 0.25) is 10.0 Å². The lowest BCUT2D eigenvalue weighted by atomic mass is 10.00. The van der Waals surface area contributed by atoms with Crippen molar-refractivity contribution in [3.05, 3.63) is 59.9 Å². The fourth-order valence-corrected chi connectivity index (χ4v) is 6.06. The molecule has 0 aromatic heterocycles. The fraction of sp³-hybridized carbons (Fsp3) is 0.435. The highest BCUT2D eigenvalue weighted by molar-refractivity contribution is 7.89. The molecule has 0 unspecified atom stereocenters. The molecular formula is C23H26FN3O3S. The molecule has 2 saturated heterocycles. The van der Waals surface area contributed by atoms with Crippen LogP contribution in [0.5, 0.6) is 5.75 Å². The fourth-order valence-electron chi connectivity index (χ4n) is 4.45. The maximum absolute atomic E-state index is 13.8. The summed E-state index contributed by atoms with van der Waals surface area (Å²) >= 11 is 0. The number of nitriles is 1. The molecule has 2 fully saturated rings. The van der Waals surface area contributed by atoms with Gasteiger partial charge in [-0.25, -0.2) is 12.8 Å². The van der Waals surface area contributed by atoms with Crippen molar-refractivity contribution in [1.82, 2.24) is 9.21 Å². The molecule has 0 atom stereocenters. The van der Waals surface area contributed by atoms with Gasteiger partial charge in [0, 0.05) is 32.2 Å². The minimum atomic E-state index is -3.67. The largest absolute Gasteiger partial charge is 0.487 e. The van der Waals surface area contributed by atoms with Gasteiger partial charge in [0.25, 0.3) is 0 Å². The first-order valence-corrected chi connectivity index (χ1v) is 12.1. The van der Waals surface area contributed by atoms with Gasteiger partial charge in [-0.05, 0) is 49.9 Å². The molecule has 2 aliphatic rings. The Hall–Kier alpha value is -2.47. The zero-order valence-corrected chi connectivity index (χ0v) is 18.1. The Morgan fingerprint density at radius 1 is 0.935 bits per heavy atom. The lowest BCUT2D eigenvalue weighted by Crippen LogP contribution is -2.50. The second-order valence-corrected chi connectivity index (χ2v) is 9.93. The highest BCUT2D eigenvalue weighted by Gasteiger charge is 2.34. The van der Waals surface area contributed by atoms with E-state index in [0.29, 0.717) is 24.9 Å². The van der Waals surface area contributed by atoms with Crippen LogP contribution >= 0.6 is 0 Å². The molecule has 6 nitrogen and oxygen atoms in total. The Morgan fingerprint density at radius 3 is 2.26 bits per heavy atom. The minimum Gasteiger partial charge on any atom is -0.487 e. The number of para-hydroxylation sites is 1. The van der Waals surface area contributed by atoms with E-state index in [1.54, 1.807) is 30.3 Å². The smallest absolute Gasteiger partial charge is 0.244 e. The summed E-state index contributed by atoms with van der Waals surface area (Å²) in [6, 6.07) is 15.1. The van der Waals surface area contributed by atoms with E-state index in [1.165, 1.54) is 22.5 Å². The van der Waals surface area contributed by atoms with Gasteiger partial charge in [-0.1, -0.05) is 24.3 Å². The second-order valence-electron chi connectivity index (χ2n) is 8.03. The van der Waals surface area contributed by atoms with Gasteiger partial charge in [-0.3, -0.25) is 0 Å². The molecule has 0 spiro atoms. The predicted octanol–water partition coefficient (Wildman–Crippen LogP) is 3.39. The Labute approximate surface area is 182 Å². The number of nitrogens with zero attached hydrogens (tertiary/aromatic N) is 3. The van der Waals surface area contributed by atoms with Crippen LogP contribution in [0.1, 0.15) is 31.2 Å². The van der Waals surface area contributed by atoms with Crippen molar-refractivity contribution in [3.8, 4) is 11.8 Å². The predicted molar refractivity (Wildman–Crippen MR) is 115 cm³/mol. The van der Waals surface area contributed by atoms with E-state index >= 15 is 0 Å². The molecule has 2 aromatic rings. The zero-order valence-electron chi connectivity index (χ0n) is 17.3. The summed E-state index contributed by atoms with van der Waals surface area (Å²) in [4.78, 5) is 2.48. The van der Waals surface area contributed by atoms with Crippen molar-refractivity contribution in [2.24, 2.45) is 0 Å². The van der Waals surface area contributed by atoms with Crippen molar-refractivity contribution >= 4 is 10.0 Å². The standard InChI is InChI=1S/C23H26FN3O3S/c24-21-6-2-3-7-22(21)30-20-11-13-26(14-12-20)19-9-15-27(16-10-19)31(28,29)23-8-4-1-5-18(23)17-25/h1-8,19-20H,9-16H2. The van der Waals surface area contributed by atoms with Crippen LogP contribution in [0.25, 0.3) is 0 Å². The van der Waals surface area contributed by atoms with Crippen molar-refractivity contribution in [2.75, 3.05) is 26.2 Å². The van der Waals surface area contributed by atoms with Gasteiger partial charge in [0.15, 0.2) is 11.6 Å². The van der Waals surface area contributed by atoms with Crippen LogP contribution in [0, 0.1) is 17.1 Å². The van der Waals surface area contributed by atoms with Crippen molar-refractivity contribution in [3.63, 3.8) is 0 Å². The molecule has 2 heterocycles. The van der Waals surface area contributed by atoms with Gasteiger partial charge in [-0.15, -0.1) is 0 Å². The van der Waals surface area contributed by atoms with E-state index in [-0.39, 0.29) is 22.4 Å². The number of ether oxygens (including phenoxy) is 1. The molecule has 2 aliphatic heterocycles. The van der Waals surface area contributed by atoms with Gasteiger partial charge in [-0.2, -0.15) is 9.57 Å². The molecule has 0 radical (unpaired) electrons. The Balaban J connectivity index is 1.31. The molecule has 2 aromatic carbocycles. The lowest BCUT2D eigenvalue weighted by Gasteiger charge is -2.41. The first-order chi connectivity index (χ1) is 15.0. The van der Waals surface area contributed by atoms with Crippen molar-refractivity contribution < 1.29 is 17.5 Å². The summed E-state index contributed by atoms with van der Waals surface area (Å²) in [6.07, 6.45) is 3.15. The molecule has 0 bridgehead atoms. The number of hydrogen-bond donors (Lipinski definition) is 0. The molecule has 0 saturated carbocycles. The first kappa shape index (κ1) is 21.8. The van der Waals surface area contributed by atoms with Crippen molar-refractivity contribution in [2.45, 2.75) is 42.7 Å². The topological polar surface area (TPSA) is 73.6 Å². The summed E-state index contributed by atoms with van der Waals surface area (Å²) in [5.74, 6) is -0.0337. The van der Waals surface area contributed by atoms with Crippen LogP contribution in [0.4, 0.5) is 4.39 Å². The molecule has 164 valence electrons. The maximum atomic E-state index is 13.8. The number of halogens is 1. The lowest BCUT2D eigenvalue weighted by molar-refractivity contribution is 0.0568. The van der Waals surface area contributed by atoms with E-state index in [4.69, 9.17) is 4.74 Å². The summed E-state index contributed by atoms with van der Waals surface area (Å²) in [5, 5.41) is 9.25.